The largest absolute Gasteiger partial charge is 0.462 e. The lowest BCUT2D eigenvalue weighted by atomic mass is 10.0. The molecule has 0 spiro atoms. The molecule has 67 heavy (non-hydrogen) atoms. The van der Waals surface area contributed by atoms with Crippen molar-refractivity contribution < 1.29 is 24.5 Å². The van der Waals surface area contributed by atoms with E-state index in [0.29, 0.717) is 19.3 Å². The van der Waals surface area contributed by atoms with E-state index in [-0.39, 0.29) is 24.9 Å². The Kier molecular flexibility index (Phi) is 50.7. The predicted molar refractivity (Wildman–Crippen MR) is 291 cm³/mol. The van der Waals surface area contributed by atoms with Gasteiger partial charge in [-0.2, -0.15) is 0 Å². The van der Waals surface area contributed by atoms with E-state index in [1.165, 1.54) is 109 Å². The number of allylic oxidation sites excluding steroid dienone is 18. The molecule has 6 heteroatoms. The first-order valence-corrected chi connectivity index (χ1v) is 27.7. The quantitative estimate of drug-likeness (QED) is 0.0321. The summed E-state index contributed by atoms with van der Waals surface area (Å²) in [4.78, 5) is 26.2. The summed E-state index contributed by atoms with van der Waals surface area (Å²) >= 11 is 0. The maximum absolute atomic E-state index is 13.2. The number of hydrogen-bond donors (Lipinski definition) is 3. The zero-order valence-corrected chi connectivity index (χ0v) is 43.5. The van der Waals surface area contributed by atoms with Crippen LogP contribution in [0.2, 0.25) is 0 Å². The van der Waals surface area contributed by atoms with Gasteiger partial charge in [-0.05, 0) is 64.2 Å². The van der Waals surface area contributed by atoms with Crippen LogP contribution < -0.4 is 5.32 Å². The molecule has 0 saturated heterocycles. The van der Waals surface area contributed by atoms with Crippen molar-refractivity contribution in [3.05, 3.63) is 109 Å². The molecule has 382 valence electrons. The van der Waals surface area contributed by atoms with Crippen molar-refractivity contribution in [2.75, 3.05) is 6.61 Å². The monoisotopic (exact) mass is 930 g/mol. The van der Waals surface area contributed by atoms with Gasteiger partial charge in [0.1, 0.15) is 6.10 Å². The lowest BCUT2D eigenvalue weighted by molar-refractivity contribution is -0.151. The Bertz CT molecular complexity index is 1370. The Morgan fingerprint density at radius 1 is 0.448 bits per heavy atom. The first-order valence-electron chi connectivity index (χ1n) is 27.7. The summed E-state index contributed by atoms with van der Waals surface area (Å²) < 4.78 is 5.90. The number of ether oxygens (including phenoxy) is 1. The second-order valence-electron chi connectivity index (χ2n) is 18.5. The van der Waals surface area contributed by atoms with Gasteiger partial charge in [-0.3, -0.25) is 9.59 Å². The van der Waals surface area contributed by atoms with Gasteiger partial charge in [-0.25, -0.2) is 0 Å². The van der Waals surface area contributed by atoms with E-state index in [2.05, 4.69) is 74.7 Å². The van der Waals surface area contributed by atoms with E-state index in [4.69, 9.17) is 4.74 Å². The topological polar surface area (TPSA) is 95.9 Å². The van der Waals surface area contributed by atoms with Crippen LogP contribution in [0.15, 0.2) is 109 Å². The first-order chi connectivity index (χ1) is 33.0. The molecule has 3 atom stereocenters. The summed E-state index contributed by atoms with van der Waals surface area (Å²) in [5, 5.41) is 23.8. The molecule has 0 saturated carbocycles. The highest BCUT2D eigenvalue weighted by Gasteiger charge is 2.24. The van der Waals surface area contributed by atoms with Gasteiger partial charge in [0.05, 0.1) is 25.2 Å². The molecule has 0 radical (unpaired) electrons. The summed E-state index contributed by atoms with van der Waals surface area (Å²) in [6.45, 7) is 6.30. The van der Waals surface area contributed by atoms with Crippen molar-refractivity contribution in [1.82, 2.24) is 5.32 Å². The summed E-state index contributed by atoms with van der Waals surface area (Å²) in [7, 11) is 0. The van der Waals surface area contributed by atoms with E-state index in [1.54, 1.807) is 0 Å². The molecule has 3 unspecified atom stereocenters. The van der Waals surface area contributed by atoms with Crippen LogP contribution >= 0.6 is 0 Å². The molecule has 0 aromatic carbocycles. The molecule has 1 amide bonds. The van der Waals surface area contributed by atoms with Crippen molar-refractivity contribution in [2.24, 2.45) is 0 Å². The van der Waals surface area contributed by atoms with Crippen LogP contribution in [-0.2, 0) is 14.3 Å². The third-order valence-corrected chi connectivity index (χ3v) is 12.1. The Morgan fingerprint density at radius 3 is 1.25 bits per heavy atom. The summed E-state index contributed by atoms with van der Waals surface area (Å²) in [5.41, 5.74) is 0. The fourth-order valence-corrected chi connectivity index (χ4v) is 7.88. The summed E-state index contributed by atoms with van der Waals surface area (Å²) in [6, 6.07) is -0.738. The van der Waals surface area contributed by atoms with E-state index >= 15 is 0 Å². The zero-order valence-electron chi connectivity index (χ0n) is 43.5. The average Bonchev–Trinajstić information content (AvgIpc) is 3.32. The maximum Gasteiger partial charge on any atom is 0.306 e. The first kappa shape index (κ1) is 63.5. The number of rotatable bonds is 48. The van der Waals surface area contributed by atoms with Crippen LogP contribution in [0.5, 0.6) is 0 Å². The molecular weight excluding hydrogens is 827 g/mol. The van der Waals surface area contributed by atoms with Crippen molar-refractivity contribution in [3.8, 4) is 0 Å². The highest BCUT2D eigenvalue weighted by atomic mass is 16.5. The van der Waals surface area contributed by atoms with Gasteiger partial charge in [0.2, 0.25) is 5.91 Å². The van der Waals surface area contributed by atoms with Gasteiger partial charge >= 0.3 is 5.97 Å². The van der Waals surface area contributed by atoms with E-state index in [0.717, 1.165) is 83.5 Å². The molecule has 0 heterocycles. The molecule has 0 aliphatic rings. The van der Waals surface area contributed by atoms with Crippen LogP contribution in [0.25, 0.3) is 0 Å². The zero-order chi connectivity index (χ0) is 48.8. The molecule has 3 N–H and O–H groups in total. The molecule has 0 aromatic rings. The highest BCUT2D eigenvalue weighted by Crippen LogP contribution is 2.17. The Balaban J connectivity index is 4.74. The molecule has 6 nitrogen and oxygen atoms in total. The van der Waals surface area contributed by atoms with Gasteiger partial charge in [-0.15, -0.1) is 0 Å². The molecule has 0 aliphatic carbocycles. The van der Waals surface area contributed by atoms with Crippen LogP contribution in [0.1, 0.15) is 239 Å². The molecule has 0 aliphatic heterocycles. The van der Waals surface area contributed by atoms with Crippen molar-refractivity contribution in [2.45, 2.75) is 257 Å². The van der Waals surface area contributed by atoms with E-state index in [9.17, 15) is 19.8 Å². The number of hydrogen-bond acceptors (Lipinski definition) is 5. The van der Waals surface area contributed by atoms with Gasteiger partial charge in [0.15, 0.2) is 0 Å². The Labute approximate surface area is 413 Å². The minimum absolute atomic E-state index is 0.0120. The summed E-state index contributed by atoms with van der Waals surface area (Å²) in [6.07, 6.45) is 72.9. The van der Waals surface area contributed by atoms with Crippen LogP contribution in [0.3, 0.4) is 0 Å². The normalized spacial score (nSPS) is 14.0. The molecule has 0 bridgehead atoms. The van der Waals surface area contributed by atoms with Crippen LogP contribution in [0.4, 0.5) is 0 Å². The van der Waals surface area contributed by atoms with Gasteiger partial charge < -0.3 is 20.3 Å². The predicted octanol–water partition coefficient (Wildman–Crippen LogP) is 17.1. The molecule has 0 fully saturated rings. The van der Waals surface area contributed by atoms with Gasteiger partial charge in [0.25, 0.3) is 0 Å². The fraction of sp³-hybridized carbons (Fsp3) is 0.672. The van der Waals surface area contributed by atoms with Crippen LogP contribution in [-0.4, -0.2) is 46.9 Å². The maximum atomic E-state index is 13.2. The third kappa shape index (κ3) is 48.8. The number of amides is 1. The van der Waals surface area contributed by atoms with E-state index in [1.807, 2.05) is 60.8 Å². The number of carbonyl (C=O) groups excluding carboxylic acids is 2. The van der Waals surface area contributed by atoms with Crippen molar-refractivity contribution in [3.63, 3.8) is 0 Å². The fourth-order valence-electron chi connectivity index (χ4n) is 7.88. The molecule has 0 aromatic heterocycles. The van der Waals surface area contributed by atoms with E-state index < -0.39 is 18.2 Å². The minimum atomic E-state index is -0.819. The van der Waals surface area contributed by atoms with Crippen LogP contribution in [0, 0.1) is 0 Å². The van der Waals surface area contributed by atoms with Crippen molar-refractivity contribution >= 4 is 11.9 Å². The average molecular weight is 930 g/mol. The number of nitrogens with one attached hydrogen (secondary N) is 1. The van der Waals surface area contributed by atoms with Gasteiger partial charge in [-0.1, -0.05) is 271 Å². The number of esters is 1. The second kappa shape index (κ2) is 53.5. The lowest BCUT2D eigenvalue weighted by Gasteiger charge is -2.24. The lowest BCUT2D eigenvalue weighted by Crippen LogP contribution is -2.46. The van der Waals surface area contributed by atoms with Crippen molar-refractivity contribution in [1.29, 1.82) is 0 Å². The SMILES string of the molecule is CC\C=C/C=C/C=C/C=C\C=C\C=C\CCCC(CC(=O)NC(CO)C(O)CCCCCCCCCCCCCCCCC)OC(=O)CCCCCCC/C=C/C=C/C=C/CCCCCCC. The standard InChI is InChI=1S/C61H103NO5/c1-4-7-10-13-16-19-22-25-28-29-30-33-36-39-42-45-48-51-54-61(66)67-57(52-49-46-43-40-37-34-31-26-23-20-17-14-11-8-5-2)55-60(65)62-58(56-63)59(64)53-50-47-44-41-38-35-32-27-24-21-18-15-12-9-6-3/h8,11,14,17,20,22-23,25-26,28-31,33-34,37,40,43,57-59,63-64H,4-7,9-10,12-13,15-16,18-19,21,24,27,32,35-36,38-39,41-42,44-56H2,1-3H3,(H,62,65)/b11-8-,17-14+,23-20+,25-22+,29-28+,31-26-,33-30+,37-34+,43-40+. The molecule has 0 rings (SSSR count). The third-order valence-electron chi connectivity index (χ3n) is 12.1. The Hall–Kier alpha value is -3.48. The second-order valence-corrected chi connectivity index (χ2v) is 18.5. The number of unbranched alkanes of at least 4 members (excludes halogenated alkanes) is 25. The van der Waals surface area contributed by atoms with Gasteiger partial charge in [0, 0.05) is 6.42 Å². The number of aliphatic hydroxyl groups excluding tert-OH is 2. The minimum Gasteiger partial charge on any atom is -0.462 e. The molecular formula is C61H103NO5. The smallest absolute Gasteiger partial charge is 0.306 e. The highest BCUT2D eigenvalue weighted by molar-refractivity contribution is 5.77. The summed E-state index contributed by atoms with van der Waals surface area (Å²) in [5.74, 6) is -0.578. The number of carbonyl (C=O) groups is 2. The Morgan fingerprint density at radius 2 is 0.821 bits per heavy atom. The number of aliphatic hydroxyl groups is 2.